The first-order valence-corrected chi connectivity index (χ1v) is 34.5. The largest absolute Gasteiger partial charge is 0.507 e. The Morgan fingerprint density at radius 2 is 0.708 bits per heavy atom. The number of alkyl halides is 1. The van der Waals surface area contributed by atoms with E-state index in [2.05, 4.69) is 61.4 Å². The van der Waals surface area contributed by atoms with Crippen molar-refractivity contribution < 1.29 is 94.9 Å². The maximum atomic E-state index is 13.3. The van der Waals surface area contributed by atoms with E-state index >= 15 is 0 Å². The lowest BCUT2D eigenvalue weighted by Gasteiger charge is -2.17. The van der Waals surface area contributed by atoms with Crippen LogP contribution in [0.1, 0.15) is 143 Å². The first-order chi connectivity index (χ1) is 46.1. The molecule has 0 fully saturated rings. The van der Waals surface area contributed by atoms with Crippen molar-refractivity contribution in [2.45, 2.75) is 102 Å². The molecular formula is C72H87BBr2F3IO17. The summed E-state index contributed by atoms with van der Waals surface area (Å²) >= 11 is 8.93. The number of aldehydes is 1. The Labute approximate surface area is 592 Å². The van der Waals surface area contributed by atoms with Gasteiger partial charge in [-0.25, -0.2) is 27.6 Å². The summed E-state index contributed by atoms with van der Waals surface area (Å²) in [6.07, 6.45) is 4.15. The van der Waals surface area contributed by atoms with Gasteiger partial charge < -0.3 is 62.5 Å². The first-order valence-electron chi connectivity index (χ1n) is 31.4. The van der Waals surface area contributed by atoms with Gasteiger partial charge in [0.05, 0.1) is 93.9 Å². The van der Waals surface area contributed by atoms with Gasteiger partial charge in [-0.2, -0.15) is 0 Å². The van der Waals surface area contributed by atoms with Crippen LogP contribution in [0, 0.1) is 17.5 Å². The zero-order chi connectivity index (χ0) is 71.5. The monoisotopic (exact) mass is 1580 g/mol. The van der Waals surface area contributed by atoms with Crippen molar-refractivity contribution in [2.24, 2.45) is 0 Å². The number of hydrogen-bond donors (Lipinski definition) is 3. The second-order valence-corrected chi connectivity index (χ2v) is 22.6. The maximum Gasteiger partial charge on any atom is 0.488 e. The molecule has 0 unspecified atom stereocenters. The van der Waals surface area contributed by atoms with E-state index in [0.29, 0.717) is 132 Å². The molecule has 0 spiro atoms. The lowest BCUT2D eigenvalue weighted by atomic mass is 9.80. The van der Waals surface area contributed by atoms with Crippen LogP contribution in [0.15, 0.2) is 130 Å². The number of hydrogen-bond acceptors (Lipinski definition) is 17. The molecule has 0 heterocycles. The molecule has 0 saturated heterocycles. The van der Waals surface area contributed by atoms with Crippen LogP contribution in [-0.2, 0) is 14.2 Å². The van der Waals surface area contributed by atoms with E-state index in [1.807, 2.05) is 48.5 Å². The molecular weight excluding hydrogens is 1490 g/mol. The quantitative estimate of drug-likeness (QED) is 0.0104. The first kappa shape index (κ1) is 84.6. The minimum atomic E-state index is -1.51. The average molecular weight is 1580 g/mol. The summed E-state index contributed by atoms with van der Waals surface area (Å²) in [4.78, 5) is 46.6. The Morgan fingerprint density at radius 1 is 0.427 bits per heavy atom. The van der Waals surface area contributed by atoms with Crippen molar-refractivity contribution in [1.82, 2.24) is 0 Å². The molecule has 96 heavy (non-hydrogen) atoms. The fraction of sp³-hybridized carbons (Fsp3) is 0.361. The van der Waals surface area contributed by atoms with Gasteiger partial charge in [0.25, 0.3) is 0 Å². The van der Waals surface area contributed by atoms with Gasteiger partial charge in [-0.1, -0.05) is 93.6 Å². The SMILES string of the molecule is CCCOc1cc(C(=O)OCC)cc(O)c1Br.CCCOc1cc(C(=O)OCC)cc(OCC)c1-c1ccc(F)cc1.CCCOc1cc(C(=O)OCC)cc(OCC)c1Br.CCCOc1cc(C=O)cc(OCC)c1-c1ccc(F)cc1.CCI.OB(O)c1ccc(F)cc1. The number of benzene rings is 7. The van der Waals surface area contributed by atoms with E-state index in [0.717, 1.165) is 53.1 Å². The molecule has 0 aliphatic rings. The van der Waals surface area contributed by atoms with E-state index in [1.54, 1.807) is 87.5 Å². The number of phenolic OH excluding ortho intramolecular Hbond substituents is 1. The summed E-state index contributed by atoms with van der Waals surface area (Å²) in [6, 6.07) is 30.1. The molecule has 17 nitrogen and oxygen atoms in total. The van der Waals surface area contributed by atoms with Crippen LogP contribution in [0.25, 0.3) is 22.3 Å². The Balaban J connectivity index is 0.000000413. The summed E-state index contributed by atoms with van der Waals surface area (Å²) in [5.41, 5.74) is 4.83. The minimum Gasteiger partial charge on any atom is -0.507 e. The molecule has 7 aromatic carbocycles. The van der Waals surface area contributed by atoms with Crippen molar-refractivity contribution in [1.29, 1.82) is 0 Å². The standard InChI is InChI=1S/C20H23FO4.C18H19FO3.C14H19BrO4.C12H15BrO4.C6H6BFO2.C2H5I/c1-4-11-25-18-13-15(20(22)24-6-3)12-17(23-5-2)19(18)14-7-9-16(21)10-8-14;1-3-9-22-17-11-13(12-20)10-16(21-4-2)18(17)14-5-7-15(19)8-6-14;1-4-7-19-12-9-10(14(16)18-6-3)8-11(13(12)15)17-5-2;1-3-5-17-10-7-8(12(15)16-4-2)6-9(14)11(10)13;8-6-3-1-5(2-4-6)7(9)10;1-2-3/h7-10,12-13H,4-6,11H2,1-3H3;5-8,10-12H,3-4,9H2,1-2H3;8-9H,4-7H2,1-3H3;6-7,14H,3-5H2,1-2H3;1-4,9-10H;2H2,1H3. The second-order valence-electron chi connectivity index (χ2n) is 19.5. The number of halogens is 6. The molecule has 0 saturated carbocycles. The molecule has 0 aromatic heterocycles. The highest BCUT2D eigenvalue weighted by atomic mass is 127. The van der Waals surface area contributed by atoms with Gasteiger partial charge >= 0.3 is 25.0 Å². The Kier molecular flexibility index (Phi) is 42.5. The zero-order valence-corrected chi connectivity index (χ0v) is 61.5. The highest BCUT2D eigenvalue weighted by molar-refractivity contribution is 14.1. The van der Waals surface area contributed by atoms with Gasteiger partial charge in [0.15, 0.2) is 0 Å². The molecule has 522 valence electrons. The van der Waals surface area contributed by atoms with Crippen molar-refractivity contribution in [2.75, 3.05) is 70.5 Å². The fourth-order valence-corrected chi connectivity index (χ4v) is 8.74. The van der Waals surface area contributed by atoms with Crippen LogP contribution in [0.2, 0.25) is 0 Å². The predicted octanol–water partition coefficient (Wildman–Crippen LogP) is 17.2. The Bertz CT molecular complexity index is 3440. The van der Waals surface area contributed by atoms with Gasteiger partial charge in [0, 0.05) is 5.56 Å². The van der Waals surface area contributed by atoms with Gasteiger partial charge in [-0.3, -0.25) is 4.79 Å². The number of carbonyl (C=O) groups excluding carboxylic acids is 4. The zero-order valence-electron chi connectivity index (χ0n) is 56.1. The Hall–Kier alpha value is -7.52. The summed E-state index contributed by atoms with van der Waals surface area (Å²) in [7, 11) is -1.51. The van der Waals surface area contributed by atoms with Crippen molar-refractivity contribution in [3.05, 3.63) is 170 Å². The topological polar surface area (TPSA) is 221 Å². The minimum absolute atomic E-state index is 0.0401. The summed E-state index contributed by atoms with van der Waals surface area (Å²) < 4.78 is 95.5. The summed E-state index contributed by atoms with van der Waals surface area (Å²) in [5.74, 6) is 1.43. The van der Waals surface area contributed by atoms with Crippen LogP contribution in [0.4, 0.5) is 13.2 Å². The van der Waals surface area contributed by atoms with Gasteiger partial charge in [0.1, 0.15) is 78.7 Å². The van der Waals surface area contributed by atoms with Crippen molar-refractivity contribution >= 4 is 91.2 Å². The van der Waals surface area contributed by atoms with E-state index in [1.165, 1.54) is 59.0 Å². The van der Waals surface area contributed by atoms with Crippen LogP contribution in [0.3, 0.4) is 0 Å². The van der Waals surface area contributed by atoms with Gasteiger partial charge in [-0.15, -0.1) is 0 Å². The number of rotatable bonds is 28. The maximum absolute atomic E-state index is 13.3. The number of aromatic hydroxyl groups is 1. The summed E-state index contributed by atoms with van der Waals surface area (Å²) in [5, 5.41) is 26.8. The van der Waals surface area contributed by atoms with E-state index in [4.69, 9.17) is 57.4 Å². The molecule has 0 bridgehead atoms. The smallest absolute Gasteiger partial charge is 0.488 e. The highest BCUT2D eigenvalue weighted by Gasteiger charge is 2.22. The fourth-order valence-electron chi connectivity index (χ4n) is 7.94. The second kappa shape index (κ2) is 48.2. The van der Waals surface area contributed by atoms with Crippen LogP contribution in [0.5, 0.6) is 46.0 Å². The predicted molar refractivity (Wildman–Crippen MR) is 384 cm³/mol. The molecule has 24 heteroatoms. The molecule has 0 radical (unpaired) electrons. The third kappa shape index (κ3) is 29.5. The van der Waals surface area contributed by atoms with Crippen molar-refractivity contribution in [3.63, 3.8) is 0 Å². The van der Waals surface area contributed by atoms with E-state index in [9.17, 15) is 37.5 Å². The van der Waals surface area contributed by atoms with Crippen LogP contribution < -0.4 is 38.6 Å². The molecule has 3 N–H and O–H groups in total. The van der Waals surface area contributed by atoms with E-state index < -0.39 is 19.1 Å². The molecule has 0 amide bonds. The molecule has 0 aliphatic heterocycles. The third-order valence-corrected chi connectivity index (χ3v) is 13.6. The number of carbonyl (C=O) groups is 4. The van der Waals surface area contributed by atoms with Gasteiger partial charge in [-0.05, 0) is 205 Å². The average Bonchev–Trinajstić information content (AvgIpc) is 0.810. The third-order valence-electron chi connectivity index (χ3n) is 12.0. The molecule has 7 aromatic rings. The van der Waals surface area contributed by atoms with Crippen LogP contribution >= 0.6 is 54.5 Å². The molecule has 7 rings (SSSR count). The lowest BCUT2D eigenvalue weighted by Crippen LogP contribution is -2.29. The number of phenols is 1. The summed E-state index contributed by atoms with van der Waals surface area (Å²) in [6.45, 7) is 25.4. The van der Waals surface area contributed by atoms with Crippen molar-refractivity contribution in [3.8, 4) is 68.2 Å². The number of ether oxygens (including phenoxy) is 10. The number of esters is 3. The van der Waals surface area contributed by atoms with Gasteiger partial charge in [0.2, 0.25) is 0 Å². The highest BCUT2D eigenvalue weighted by Crippen LogP contribution is 2.42. The van der Waals surface area contributed by atoms with E-state index in [-0.39, 0.29) is 41.3 Å². The van der Waals surface area contributed by atoms with Crippen LogP contribution in [-0.4, -0.2) is 117 Å². The Morgan fingerprint density at radius 3 is 1.04 bits per heavy atom. The normalized spacial score (nSPS) is 10.0. The lowest BCUT2D eigenvalue weighted by molar-refractivity contribution is 0.0516. The molecule has 0 aliphatic carbocycles. The molecule has 0 atom stereocenters.